The number of aromatic nitrogens is 1. The molecule has 0 radical (unpaired) electrons. The number of hydrogen-bond acceptors (Lipinski definition) is 6. The van der Waals surface area contributed by atoms with Crippen molar-refractivity contribution in [1.29, 1.82) is 0 Å². The number of nitrogens with one attached hydrogen (secondary N) is 1. The lowest BCUT2D eigenvalue weighted by molar-refractivity contribution is -0.122. The third-order valence-corrected chi connectivity index (χ3v) is 6.13. The molecule has 0 bridgehead atoms. The van der Waals surface area contributed by atoms with Crippen molar-refractivity contribution in [1.82, 2.24) is 9.88 Å². The molecule has 144 valence electrons. The van der Waals surface area contributed by atoms with E-state index in [1.807, 2.05) is 54.8 Å². The average Bonchev–Trinajstić information content (AvgIpc) is 3.20. The molecule has 0 atom stereocenters. The summed E-state index contributed by atoms with van der Waals surface area (Å²) in [6, 6.07) is 9.87. The first kappa shape index (κ1) is 20.4. The fraction of sp³-hybridized carbons (Fsp3) is 0.200. The highest BCUT2D eigenvalue weighted by Gasteiger charge is 2.31. The van der Waals surface area contributed by atoms with Gasteiger partial charge in [-0.05, 0) is 25.0 Å². The van der Waals surface area contributed by atoms with Crippen LogP contribution < -0.4 is 5.32 Å². The van der Waals surface area contributed by atoms with Crippen LogP contribution in [0, 0.1) is 6.92 Å². The average molecular weight is 430 g/mol. The molecular formula is C20H19N3O2S3. The van der Waals surface area contributed by atoms with Crippen LogP contribution in [0.3, 0.4) is 0 Å². The number of carbonyl (C=O) groups is 2. The molecule has 0 saturated carbocycles. The second kappa shape index (κ2) is 9.77. The largest absolute Gasteiger partial charge is 0.302 e. The normalized spacial score (nSPS) is 15.8. The van der Waals surface area contributed by atoms with E-state index in [1.165, 1.54) is 23.1 Å². The van der Waals surface area contributed by atoms with Crippen LogP contribution >= 0.6 is 35.3 Å². The predicted octanol–water partition coefficient (Wildman–Crippen LogP) is 4.63. The van der Waals surface area contributed by atoms with Crippen molar-refractivity contribution in [3.63, 3.8) is 0 Å². The van der Waals surface area contributed by atoms with Crippen LogP contribution in [-0.2, 0) is 9.59 Å². The summed E-state index contributed by atoms with van der Waals surface area (Å²) in [5.41, 5.74) is 1.95. The minimum absolute atomic E-state index is 0.108. The Balaban J connectivity index is 1.48. The quantitative estimate of drug-likeness (QED) is 0.514. The molecule has 3 rings (SSSR count). The molecule has 1 fully saturated rings. The first-order valence-corrected chi connectivity index (χ1v) is 10.8. The van der Waals surface area contributed by atoms with Crippen LogP contribution in [0.1, 0.15) is 24.1 Å². The van der Waals surface area contributed by atoms with Gasteiger partial charge in [-0.15, -0.1) is 11.3 Å². The highest BCUT2D eigenvalue weighted by Crippen LogP contribution is 2.31. The number of thiazole rings is 1. The maximum absolute atomic E-state index is 12.5. The molecule has 28 heavy (non-hydrogen) atoms. The summed E-state index contributed by atoms with van der Waals surface area (Å²) in [5, 5.41) is 5.25. The first-order valence-electron chi connectivity index (χ1n) is 8.72. The van der Waals surface area contributed by atoms with Gasteiger partial charge < -0.3 is 5.32 Å². The SMILES string of the molecule is Cc1csc(NC(=O)CCCN2C(=O)/C(=C/C=C/c3ccccc3)SC2=S)n1. The zero-order valence-corrected chi connectivity index (χ0v) is 17.7. The number of thioether (sulfide) groups is 1. The zero-order valence-electron chi connectivity index (χ0n) is 15.3. The fourth-order valence-electron chi connectivity index (χ4n) is 2.51. The van der Waals surface area contributed by atoms with Crippen LogP contribution in [0.2, 0.25) is 0 Å². The van der Waals surface area contributed by atoms with E-state index in [4.69, 9.17) is 12.2 Å². The van der Waals surface area contributed by atoms with Gasteiger partial charge in [0.1, 0.15) is 4.32 Å². The van der Waals surface area contributed by atoms with Gasteiger partial charge in [-0.2, -0.15) is 0 Å². The Morgan fingerprint density at radius 1 is 1.32 bits per heavy atom. The van der Waals surface area contributed by atoms with Gasteiger partial charge in [0, 0.05) is 18.3 Å². The summed E-state index contributed by atoms with van der Waals surface area (Å²) >= 11 is 8.01. The molecule has 0 unspecified atom stereocenters. The molecule has 2 amide bonds. The molecule has 0 spiro atoms. The number of carbonyl (C=O) groups excluding carboxylic acids is 2. The Kier molecular flexibility index (Phi) is 7.13. The van der Waals surface area contributed by atoms with Crippen LogP contribution in [0.15, 0.2) is 52.8 Å². The highest BCUT2D eigenvalue weighted by atomic mass is 32.2. The molecule has 8 heteroatoms. The monoisotopic (exact) mass is 429 g/mol. The number of rotatable bonds is 7. The van der Waals surface area contributed by atoms with Crippen LogP contribution in [0.5, 0.6) is 0 Å². The van der Waals surface area contributed by atoms with Crippen molar-refractivity contribution in [3.05, 3.63) is 64.0 Å². The van der Waals surface area contributed by atoms with Gasteiger partial charge in [-0.25, -0.2) is 4.98 Å². The Morgan fingerprint density at radius 3 is 2.82 bits per heavy atom. The molecule has 1 saturated heterocycles. The minimum Gasteiger partial charge on any atom is -0.302 e. The third kappa shape index (κ3) is 5.60. The summed E-state index contributed by atoms with van der Waals surface area (Å²) < 4.78 is 0.528. The summed E-state index contributed by atoms with van der Waals surface area (Å²) in [4.78, 5) is 30.9. The fourth-order valence-corrected chi connectivity index (χ4v) is 4.47. The van der Waals surface area contributed by atoms with Crippen molar-refractivity contribution < 1.29 is 9.59 Å². The number of aryl methyl sites for hydroxylation is 1. The standard InChI is InChI=1S/C20H19N3O2S3/c1-14-13-27-19(21-14)22-17(24)11-6-12-23-18(25)16(28-20(23)26)10-5-9-15-7-3-2-4-8-15/h2-5,7-10,13H,6,11-12H2,1H3,(H,21,22,24)/b9-5+,16-10-. The maximum Gasteiger partial charge on any atom is 0.266 e. The smallest absolute Gasteiger partial charge is 0.266 e. The van der Waals surface area contributed by atoms with Gasteiger partial charge in [0.25, 0.3) is 5.91 Å². The van der Waals surface area contributed by atoms with Gasteiger partial charge in [0.05, 0.1) is 10.6 Å². The van der Waals surface area contributed by atoms with Crippen molar-refractivity contribution in [2.45, 2.75) is 19.8 Å². The lowest BCUT2D eigenvalue weighted by Crippen LogP contribution is -2.29. The molecule has 0 aliphatic carbocycles. The molecule has 5 nitrogen and oxygen atoms in total. The number of allylic oxidation sites excluding steroid dienone is 2. The predicted molar refractivity (Wildman–Crippen MR) is 120 cm³/mol. The Labute approximate surface area is 177 Å². The van der Waals surface area contributed by atoms with Gasteiger partial charge in [0.2, 0.25) is 5.91 Å². The van der Waals surface area contributed by atoms with Gasteiger partial charge in [-0.1, -0.05) is 66.5 Å². The van der Waals surface area contributed by atoms with E-state index in [-0.39, 0.29) is 11.8 Å². The Hall–Kier alpha value is -2.29. The number of hydrogen-bond donors (Lipinski definition) is 1. The first-order chi connectivity index (χ1) is 13.5. The second-order valence-corrected chi connectivity index (χ2v) is 8.61. The number of amides is 2. The summed E-state index contributed by atoms with van der Waals surface area (Å²) in [5.74, 6) is -0.218. The summed E-state index contributed by atoms with van der Waals surface area (Å²) in [6.45, 7) is 2.30. The van der Waals surface area contributed by atoms with E-state index in [9.17, 15) is 9.59 Å². The number of benzene rings is 1. The number of nitrogens with zero attached hydrogens (tertiary/aromatic N) is 2. The minimum atomic E-state index is -0.110. The van der Waals surface area contributed by atoms with Crippen molar-refractivity contribution in [3.8, 4) is 0 Å². The molecule has 1 aliphatic rings. The van der Waals surface area contributed by atoms with Crippen molar-refractivity contribution in [2.24, 2.45) is 0 Å². The lowest BCUT2D eigenvalue weighted by atomic mass is 10.2. The van der Waals surface area contributed by atoms with E-state index < -0.39 is 0 Å². The molecule has 2 heterocycles. The molecule has 1 aliphatic heterocycles. The van der Waals surface area contributed by atoms with Crippen LogP contribution in [-0.4, -0.2) is 32.6 Å². The molecule has 1 aromatic carbocycles. The van der Waals surface area contributed by atoms with Crippen molar-refractivity contribution in [2.75, 3.05) is 11.9 Å². The molecular weight excluding hydrogens is 410 g/mol. The topological polar surface area (TPSA) is 62.3 Å². The van der Waals surface area contributed by atoms with E-state index in [2.05, 4.69) is 10.3 Å². The Morgan fingerprint density at radius 2 is 2.11 bits per heavy atom. The van der Waals surface area contributed by atoms with Gasteiger partial charge >= 0.3 is 0 Å². The van der Waals surface area contributed by atoms with Crippen LogP contribution in [0.4, 0.5) is 5.13 Å². The zero-order chi connectivity index (χ0) is 19.9. The van der Waals surface area contributed by atoms with E-state index in [1.54, 1.807) is 11.0 Å². The van der Waals surface area contributed by atoms with E-state index >= 15 is 0 Å². The highest BCUT2D eigenvalue weighted by molar-refractivity contribution is 8.26. The lowest BCUT2D eigenvalue weighted by Gasteiger charge is -2.13. The van der Waals surface area contributed by atoms with Crippen molar-refractivity contribution >= 4 is 62.7 Å². The molecule has 1 N–H and O–H groups in total. The second-order valence-electron chi connectivity index (χ2n) is 6.07. The third-order valence-electron chi connectivity index (χ3n) is 3.86. The summed E-state index contributed by atoms with van der Waals surface area (Å²) in [6.07, 6.45) is 6.42. The van der Waals surface area contributed by atoms with E-state index in [0.29, 0.717) is 33.7 Å². The maximum atomic E-state index is 12.5. The van der Waals surface area contributed by atoms with Gasteiger partial charge in [0.15, 0.2) is 5.13 Å². The molecule has 2 aromatic rings. The van der Waals surface area contributed by atoms with E-state index in [0.717, 1.165) is 11.3 Å². The molecule has 1 aromatic heterocycles. The Bertz CT molecular complexity index is 935. The van der Waals surface area contributed by atoms with Gasteiger partial charge in [-0.3, -0.25) is 14.5 Å². The number of anilines is 1. The summed E-state index contributed by atoms with van der Waals surface area (Å²) in [7, 11) is 0. The van der Waals surface area contributed by atoms with Crippen LogP contribution in [0.25, 0.3) is 6.08 Å². The number of thiocarbonyl (C=S) groups is 1.